The molecular formula is C15H15BrFN3O. The maximum atomic E-state index is 13.2. The molecule has 2 rings (SSSR count). The van der Waals surface area contributed by atoms with Crippen molar-refractivity contribution in [3.8, 4) is 5.75 Å². The Bertz CT molecular complexity index is 644. The van der Waals surface area contributed by atoms with Crippen LogP contribution in [-0.4, -0.2) is 13.1 Å². The fourth-order valence-corrected chi connectivity index (χ4v) is 2.07. The van der Waals surface area contributed by atoms with Crippen molar-refractivity contribution in [1.82, 2.24) is 0 Å². The quantitative estimate of drug-likeness (QED) is 0.654. The molecule has 2 aromatic rings. The molecule has 0 saturated heterocycles. The number of nitrogens with zero attached hydrogens (tertiary/aromatic N) is 1. The zero-order valence-electron chi connectivity index (χ0n) is 11.4. The lowest BCUT2D eigenvalue weighted by Crippen LogP contribution is -2.22. The lowest BCUT2D eigenvalue weighted by Gasteiger charge is -2.07. The van der Waals surface area contributed by atoms with Gasteiger partial charge in [0.15, 0.2) is 5.96 Å². The standard InChI is InChI=1S/C15H15BrFN3O/c1-21-13-5-3-12(4-6-13)20-15(18)19-9-10-8-11(17)2-7-14(10)16/h2-8H,9H2,1H3,(H3,18,19,20). The summed E-state index contributed by atoms with van der Waals surface area (Å²) < 4.78 is 19.0. The molecule has 0 radical (unpaired) electrons. The Morgan fingerprint density at radius 3 is 2.67 bits per heavy atom. The van der Waals surface area contributed by atoms with E-state index in [1.54, 1.807) is 13.2 Å². The van der Waals surface area contributed by atoms with Gasteiger partial charge in [0, 0.05) is 10.2 Å². The van der Waals surface area contributed by atoms with E-state index in [-0.39, 0.29) is 18.3 Å². The molecule has 21 heavy (non-hydrogen) atoms. The van der Waals surface area contributed by atoms with Gasteiger partial charge < -0.3 is 15.8 Å². The minimum atomic E-state index is -0.301. The number of halogens is 2. The van der Waals surface area contributed by atoms with Gasteiger partial charge in [0.05, 0.1) is 13.7 Å². The van der Waals surface area contributed by atoms with Crippen LogP contribution in [0.15, 0.2) is 51.9 Å². The highest BCUT2D eigenvalue weighted by atomic mass is 79.9. The monoisotopic (exact) mass is 351 g/mol. The van der Waals surface area contributed by atoms with Crippen LogP contribution in [0.1, 0.15) is 5.56 Å². The molecule has 0 aliphatic rings. The van der Waals surface area contributed by atoms with E-state index >= 15 is 0 Å². The number of hydrogen-bond acceptors (Lipinski definition) is 2. The zero-order chi connectivity index (χ0) is 15.2. The Balaban J connectivity index is 2.01. The average Bonchev–Trinajstić information content (AvgIpc) is 2.49. The largest absolute Gasteiger partial charge is 0.497 e. The van der Waals surface area contributed by atoms with Crippen LogP contribution in [0.3, 0.4) is 0 Å². The van der Waals surface area contributed by atoms with Crippen LogP contribution in [0.5, 0.6) is 5.75 Å². The van der Waals surface area contributed by atoms with Crippen LogP contribution >= 0.6 is 15.9 Å². The molecule has 0 spiro atoms. The fraction of sp³-hybridized carbons (Fsp3) is 0.133. The normalized spacial score (nSPS) is 11.3. The summed E-state index contributed by atoms with van der Waals surface area (Å²) in [6, 6.07) is 11.8. The van der Waals surface area contributed by atoms with E-state index in [1.165, 1.54) is 12.1 Å². The zero-order valence-corrected chi connectivity index (χ0v) is 13.0. The second-order valence-corrected chi connectivity index (χ2v) is 5.15. The molecule has 4 nitrogen and oxygen atoms in total. The number of aliphatic imine (C=N–C) groups is 1. The second-order valence-electron chi connectivity index (χ2n) is 4.29. The molecule has 0 unspecified atom stereocenters. The average molecular weight is 352 g/mol. The Morgan fingerprint density at radius 2 is 2.00 bits per heavy atom. The van der Waals surface area contributed by atoms with Crippen LogP contribution < -0.4 is 15.8 Å². The molecule has 110 valence electrons. The smallest absolute Gasteiger partial charge is 0.193 e. The molecule has 0 heterocycles. The first kappa shape index (κ1) is 15.3. The topological polar surface area (TPSA) is 59.6 Å². The van der Waals surface area contributed by atoms with E-state index in [9.17, 15) is 4.39 Å². The van der Waals surface area contributed by atoms with Gasteiger partial charge in [0.1, 0.15) is 11.6 Å². The third-order valence-corrected chi connectivity index (χ3v) is 3.56. The van der Waals surface area contributed by atoms with Crippen molar-refractivity contribution in [1.29, 1.82) is 0 Å². The summed E-state index contributed by atoms with van der Waals surface area (Å²) >= 11 is 3.35. The van der Waals surface area contributed by atoms with E-state index in [0.29, 0.717) is 0 Å². The SMILES string of the molecule is COc1ccc(NC(N)=NCc2cc(F)ccc2Br)cc1. The van der Waals surface area contributed by atoms with E-state index < -0.39 is 0 Å². The van der Waals surface area contributed by atoms with Gasteiger partial charge in [-0.05, 0) is 48.0 Å². The molecule has 2 aromatic carbocycles. The van der Waals surface area contributed by atoms with Gasteiger partial charge in [-0.25, -0.2) is 9.38 Å². The first-order chi connectivity index (χ1) is 10.1. The summed E-state index contributed by atoms with van der Waals surface area (Å²) in [7, 11) is 1.61. The minimum absolute atomic E-state index is 0.260. The van der Waals surface area contributed by atoms with Crippen molar-refractivity contribution < 1.29 is 9.13 Å². The van der Waals surface area contributed by atoms with Crippen molar-refractivity contribution >= 4 is 27.6 Å². The predicted molar refractivity (Wildman–Crippen MR) is 86.0 cm³/mol. The molecule has 0 saturated carbocycles. The van der Waals surface area contributed by atoms with Gasteiger partial charge in [-0.2, -0.15) is 0 Å². The highest BCUT2D eigenvalue weighted by Crippen LogP contribution is 2.19. The maximum absolute atomic E-state index is 13.2. The molecule has 0 fully saturated rings. The number of guanidine groups is 1. The predicted octanol–water partition coefficient (Wildman–Crippen LogP) is 3.52. The van der Waals surface area contributed by atoms with Crippen LogP contribution in [0.25, 0.3) is 0 Å². The Morgan fingerprint density at radius 1 is 1.29 bits per heavy atom. The number of nitrogens with two attached hydrogens (primary N) is 1. The number of nitrogens with one attached hydrogen (secondary N) is 1. The fourth-order valence-electron chi connectivity index (χ4n) is 1.70. The molecule has 0 aliphatic carbocycles. The highest BCUT2D eigenvalue weighted by Gasteiger charge is 2.02. The third-order valence-electron chi connectivity index (χ3n) is 2.79. The Labute approximate surface area is 131 Å². The van der Waals surface area contributed by atoms with Crippen LogP contribution in [0, 0.1) is 5.82 Å². The van der Waals surface area contributed by atoms with Crippen molar-refractivity contribution in [2.45, 2.75) is 6.54 Å². The van der Waals surface area contributed by atoms with Crippen LogP contribution in [0.2, 0.25) is 0 Å². The number of ether oxygens (including phenoxy) is 1. The molecule has 0 aromatic heterocycles. The highest BCUT2D eigenvalue weighted by molar-refractivity contribution is 9.10. The number of rotatable bonds is 4. The van der Waals surface area contributed by atoms with E-state index in [0.717, 1.165) is 21.5 Å². The summed E-state index contributed by atoms with van der Waals surface area (Å²) in [5.74, 6) is 0.723. The van der Waals surface area contributed by atoms with Crippen molar-refractivity contribution in [2.24, 2.45) is 10.7 Å². The number of methoxy groups -OCH3 is 1. The number of benzene rings is 2. The molecular weight excluding hydrogens is 337 g/mol. The third kappa shape index (κ3) is 4.46. The Hall–Kier alpha value is -2.08. The number of hydrogen-bond donors (Lipinski definition) is 2. The summed E-state index contributed by atoms with van der Waals surface area (Å²) in [4.78, 5) is 4.19. The molecule has 3 N–H and O–H groups in total. The Kier molecular flexibility index (Phi) is 5.16. The summed E-state index contributed by atoms with van der Waals surface area (Å²) in [6.45, 7) is 0.285. The van der Waals surface area contributed by atoms with Gasteiger partial charge in [-0.15, -0.1) is 0 Å². The lowest BCUT2D eigenvalue weighted by molar-refractivity contribution is 0.415. The summed E-state index contributed by atoms with van der Waals surface area (Å²) in [5, 5.41) is 2.96. The lowest BCUT2D eigenvalue weighted by atomic mass is 10.2. The van der Waals surface area contributed by atoms with Crippen molar-refractivity contribution in [3.63, 3.8) is 0 Å². The van der Waals surface area contributed by atoms with Gasteiger partial charge >= 0.3 is 0 Å². The van der Waals surface area contributed by atoms with E-state index in [2.05, 4.69) is 26.2 Å². The summed E-state index contributed by atoms with van der Waals surface area (Å²) in [5.41, 5.74) is 7.34. The first-order valence-electron chi connectivity index (χ1n) is 6.23. The molecule has 0 aliphatic heterocycles. The molecule has 0 atom stereocenters. The van der Waals surface area contributed by atoms with E-state index in [1.807, 2.05) is 24.3 Å². The van der Waals surface area contributed by atoms with Crippen molar-refractivity contribution in [3.05, 3.63) is 58.3 Å². The minimum Gasteiger partial charge on any atom is -0.497 e. The van der Waals surface area contributed by atoms with Gasteiger partial charge in [-0.1, -0.05) is 15.9 Å². The van der Waals surface area contributed by atoms with Crippen molar-refractivity contribution in [2.75, 3.05) is 12.4 Å². The second kappa shape index (κ2) is 7.08. The molecule has 0 bridgehead atoms. The van der Waals surface area contributed by atoms with E-state index in [4.69, 9.17) is 10.5 Å². The maximum Gasteiger partial charge on any atom is 0.193 e. The van der Waals surface area contributed by atoms with Gasteiger partial charge in [0.2, 0.25) is 0 Å². The summed E-state index contributed by atoms with van der Waals surface area (Å²) in [6.07, 6.45) is 0. The van der Waals surface area contributed by atoms with Crippen LogP contribution in [-0.2, 0) is 6.54 Å². The van der Waals surface area contributed by atoms with Gasteiger partial charge in [0.25, 0.3) is 0 Å². The number of anilines is 1. The van der Waals surface area contributed by atoms with Crippen LogP contribution in [0.4, 0.5) is 10.1 Å². The first-order valence-corrected chi connectivity index (χ1v) is 7.02. The molecule has 0 amide bonds. The van der Waals surface area contributed by atoms with Gasteiger partial charge in [-0.3, -0.25) is 0 Å². The molecule has 6 heteroatoms.